The summed E-state index contributed by atoms with van der Waals surface area (Å²) in [6.45, 7) is 1.95. The van der Waals surface area contributed by atoms with Crippen LogP contribution in [0.25, 0.3) is 0 Å². The third kappa shape index (κ3) is 3.27. The van der Waals surface area contributed by atoms with Crippen LogP contribution in [0.3, 0.4) is 0 Å². The van der Waals surface area contributed by atoms with E-state index in [-0.39, 0.29) is 18.1 Å². The first-order valence-corrected chi connectivity index (χ1v) is 7.70. The van der Waals surface area contributed by atoms with Gasteiger partial charge in [0.05, 0.1) is 17.7 Å². The highest BCUT2D eigenvalue weighted by molar-refractivity contribution is 5.97. The Morgan fingerprint density at radius 3 is 2.77 bits per heavy atom. The molecule has 0 saturated heterocycles. The molecule has 114 valence electrons. The van der Waals surface area contributed by atoms with Crippen LogP contribution in [0.1, 0.15) is 48.1 Å². The third-order valence-electron chi connectivity index (χ3n) is 4.01. The number of carbonyl (C=O) groups excluding carboxylic acids is 1. The number of ether oxygens (including phenoxy) is 1. The van der Waals surface area contributed by atoms with Crippen LogP contribution in [0.15, 0.2) is 48.8 Å². The van der Waals surface area contributed by atoms with Crippen molar-refractivity contribution in [3.05, 3.63) is 59.9 Å². The molecule has 1 amide bonds. The normalized spacial score (nSPS) is 15.7. The quantitative estimate of drug-likeness (QED) is 0.918. The second kappa shape index (κ2) is 6.60. The number of benzene rings is 1. The van der Waals surface area contributed by atoms with Crippen molar-refractivity contribution in [3.8, 4) is 5.75 Å². The predicted molar refractivity (Wildman–Crippen MR) is 84.8 cm³/mol. The molecule has 22 heavy (non-hydrogen) atoms. The lowest BCUT2D eigenvalue weighted by Crippen LogP contribution is -2.29. The SMILES string of the molecule is CC(NC(=O)c1ccccc1OC1CCC1)c1cccnc1. The van der Waals surface area contributed by atoms with Gasteiger partial charge in [0.25, 0.3) is 5.91 Å². The smallest absolute Gasteiger partial charge is 0.255 e. The van der Waals surface area contributed by atoms with Gasteiger partial charge in [-0.3, -0.25) is 9.78 Å². The summed E-state index contributed by atoms with van der Waals surface area (Å²) >= 11 is 0. The minimum atomic E-state index is -0.119. The Morgan fingerprint density at radius 1 is 1.27 bits per heavy atom. The molecule has 1 fully saturated rings. The predicted octanol–water partition coefficient (Wildman–Crippen LogP) is 3.50. The molecule has 0 spiro atoms. The van der Waals surface area contributed by atoms with Crippen molar-refractivity contribution < 1.29 is 9.53 Å². The number of nitrogens with one attached hydrogen (secondary N) is 1. The Balaban J connectivity index is 1.71. The Kier molecular flexibility index (Phi) is 4.37. The molecule has 1 aromatic heterocycles. The lowest BCUT2D eigenvalue weighted by Gasteiger charge is -2.27. The molecule has 1 aromatic carbocycles. The lowest BCUT2D eigenvalue weighted by molar-refractivity contribution is 0.0915. The summed E-state index contributed by atoms with van der Waals surface area (Å²) in [5.74, 6) is 0.550. The van der Waals surface area contributed by atoms with Crippen LogP contribution in [0.2, 0.25) is 0 Å². The average Bonchev–Trinajstić information content (AvgIpc) is 2.52. The highest BCUT2D eigenvalue weighted by Gasteiger charge is 2.22. The molecule has 4 nitrogen and oxygen atoms in total. The first kappa shape index (κ1) is 14.6. The molecule has 4 heteroatoms. The van der Waals surface area contributed by atoms with E-state index >= 15 is 0 Å². The summed E-state index contributed by atoms with van der Waals surface area (Å²) in [5.41, 5.74) is 1.57. The lowest BCUT2D eigenvalue weighted by atomic mass is 9.96. The van der Waals surface area contributed by atoms with Gasteiger partial charge in [-0.2, -0.15) is 0 Å². The molecule has 1 aliphatic carbocycles. The van der Waals surface area contributed by atoms with Gasteiger partial charge in [0.1, 0.15) is 5.75 Å². The van der Waals surface area contributed by atoms with Crippen LogP contribution in [0, 0.1) is 0 Å². The van der Waals surface area contributed by atoms with Crippen molar-refractivity contribution in [2.75, 3.05) is 0 Å². The number of pyridine rings is 1. The van der Waals surface area contributed by atoms with Crippen molar-refractivity contribution in [2.24, 2.45) is 0 Å². The van der Waals surface area contributed by atoms with Crippen molar-refractivity contribution in [2.45, 2.75) is 38.3 Å². The van der Waals surface area contributed by atoms with Gasteiger partial charge in [-0.05, 0) is 49.9 Å². The molecule has 2 aromatic rings. The maximum atomic E-state index is 12.5. The van der Waals surface area contributed by atoms with E-state index in [2.05, 4.69) is 10.3 Å². The van der Waals surface area contributed by atoms with E-state index in [0.717, 1.165) is 18.4 Å². The minimum absolute atomic E-state index is 0.0991. The third-order valence-corrected chi connectivity index (χ3v) is 4.01. The van der Waals surface area contributed by atoms with Gasteiger partial charge in [-0.25, -0.2) is 0 Å². The Bertz CT molecular complexity index is 639. The Labute approximate surface area is 130 Å². The molecule has 3 rings (SSSR count). The largest absolute Gasteiger partial charge is 0.490 e. The second-order valence-corrected chi connectivity index (χ2v) is 5.65. The highest BCUT2D eigenvalue weighted by atomic mass is 16.5. The topological polar surface area (TPSA) is 51.2 Å². The minimum Gasteiger partial charge on any atom is -0.490 e. The summed E-state index contributed by atoms with van der Waals surface area (Å²) in [5, 5.41) is 3.00. The Morgan fingerprint density at radius 2 is 2.09 bits per heavy atom. The molecule has 1 unspecified atom stereocenters. The average molecular weight is 296 g/mol. The fourth-order valence-electron chi connectivity index (χ4n) is 2.42. The van der Waals surface area contributed by atoms with E-state index in [9.17, 15) is 4.79 Å². The molecule has 0 radical (unpaired) electrons. The van der Waals surface area contributed by atoms with E-state index in [1.807, 2.05) is 37.3 Å². The number of carbonyl (C=O) groups is 1. The van der Waals surface area contributed by atoms with Crippen LogP contribution >= 0.6 is 0 Å². The number of hydrogen-bond donors (Lipinski definition) is 1. The van der Waals surface area contributed by atoms with Gasteiger partial charge in [0.15, 0.2) is 0 Å². The highest BCUT2D eigenvalue weighted by Crippen LogP contribution is 2.27. The molecular formula is C18H20N2O2. The van der Waals surface area contributed by atoms with E-state index in [0.29, 0.717) is 11.3 Å². The molecule has 1 N–H and O–H groups in total. The number of para-hydroxylation sites is 1. The van der Waals surface area contributed by atoms with E-state index in [1.54, 1.807) is 18.5 Å². The summed E-state index contributed by atoms with van der Waals surface area (Å²) < 4.78 is 5.92. The molecule has 1 aliphatic rings. The zero-order valence-corrected chi connectivity index (χ0v) is 12.7. The van der Waals surface area contributed by atoms with Crippen molar-refractivity contribution in [1.82, 2.24) is 10.3 Å². The number of hydrogen-bond acceptors (Lipinski definition) is 3. The van der Waals surface area contributed by atoms with Crippen LogP contribution in [0.4, 0.5) is 0 Å². The summed E-state index contributed by atoms with van der Waals surface area (Å²) in [6.07, 6.45) is 7.09. The maximum Gasteiger partial charge on any atom is 0.255 e. The summed E-state index contributed by atoms with van der Waals surface area (Å²) in [7, 11) is 0. The van der Waals surface area contributed by atoms with Gasteiger partial charge in [0, 0.05) is 12.4 Å². The van der Waals surface area contributed by atoms with Gasteiger partial charge in [-0.15, -0.1) is 0 Å². The fourth-order valence-corrected chi connectivity index (χ4v) is 2.42. The van der Waals surface area contributed by atoms with Crippen molar-refractivity contribution in [1.29, 1.82) is 0 Å². The summed E-state index contributed by atoms with van der Waals surface area (Å²) in [4.78, 5) is 16.6. The second-order valence-electron chi connectivity index (χ2n) is 5.65. The van der Waals surface area contributed by atoms with E-state index < -0.39 is 0 Å². The zero-order valence-electron chi connectivity index (χ0n) is 12.7. The zero-order chi connectivity index (χ0) is 15.4. The maximum absolute atomic E-state index is 12.5. The number of amides is 1. The van der Waals surface area contributed by atoms with Crippen molar-refractivity contribution in [3.63, 3.8) is 0 Å². The standard InChI is InChI=1S/C18H20N2O2/c1-13(14-6-5-11-19-12-14)20-18(21)16-9-2-3-10-17(16)22-15-7-4-8-15/h2-3,5-6,9-13,15H,4,7-8H2,1H3,(H,20,21). The van der Waals surface area contributed by atoms with Crippen LogP contribution in [-0.2, 0) is 0 Å². The van der Waals surface area contributed by atoms with Crippen LogP contribution in [-0.4, -0.2) is 17.0 Å². The van der Waals surface area contributed by atoms with Gasteiger partial charge >= 0.3 is 0 Å². The van der Waals surface area contributed by atoms with Crippen LogP contribution < -0.4 is 10.1 Å². The molecule has 0 aliphatic heterocycles. The first-order valence-electron chi connectivity index (χ1n) is 7.70. The number of aromatic nitrogens is 1. The summed E-state index contributed by atoms with van der Waals surface area (Å²) in [6, 6.07) is 11.1. The number of rotatable bonds is 5. The molecule has 1 heterocycles. The fraction of sp³-hybridized carbons (Fsp3) is 0.333. The van der Waals surface area contributed by atoms with Gasteiger partial charge in [-0.1, -0.05) is 18.2 Å². The van der Waals surface area contributed by atoms with E-state index in [4.69, 9.17) is 4.74 Å². The molecule has 0 bridgehead atoms. The molecular weight excluding hydrogens is 276 g/mol. The van der Waals surface area contributed by atoms with Crippen molar-refractivity contribution >= 4 is 5.91 Å². The molecule has 1 atom stereocenters. The monoisotopic (exact) mass is 296 g/mol. The van der Waals surface area contributed by atoms with Gasteiger partial charge < -0.3 is 10.1 Å². The van der Waals surface area contributed by atoms with E-state index in [1.165, 1.54) is 6.42 Å². The number of nitrogens with zero attached hydrogens (tertiary/aromatic N) is 1. The Hall–Kier alpha value is -2.36. The van der Waals surface area contributed by atoms with Crippen LogP contribution in [0.5, 0.6) is 5.75 Å². The van der Waals surface area contributed by atoms with Gasteiger partial charge in [0.2, 0.25) is 0 Å². The first-order chi connectivity index (χ1) is 10.7. The molecule has 1 saturated carbocycles.